The summed E-state index contributed by atoms with van der Waals surface area (Å²) in [6.45, 7) is 0.556. The molecule has 4 N–H and O–H groups in total. The van der Waals surface area contributed by atoms with E-state index in [2.05, 4.69) is 15.7 Å². The average Bonchev–Trinajstić information content (AvgIpc) is 3.17. The van der Waals surface area contributed by atoms with E-state index in [1.54, 1.807) is 11.8 Å². The van der Waals surface area contributed by atoms with E-state index >= 15 is 0 Å². The van der Waals surface area contributed by atoms with Crippen LogP contribution in [0, 0.1) is 5.82 Å². The molecular formula is C11H15FN4OS. The molecule has 1 aromatic heterocycles. The fourth-order valence-electron chi connectivity index (χ4n) is 1.65. The first-order valence-electron chi connectivity index (χ1n) is 5.56. The van der Waals surface area contributed by atoms with Crippen LogP contribution < -0.4 is 16.6 Å². The first kappa shape index (κ1) is 13.1. The van der Waals surface area contributed by atoms with E-state index in [0.717, 1.165) is 12.8 Å². The van der Waals surface area contributed by atoms with Crippen molar-refractivity contribution < 1.29 is 9.18 Å². The normalized spacial score (nSPS) is 16.2. The molecule has 1 aromatic rings. The van der Waals surface area contributed by atoms with Crippen LogP contribution in [0.3, 0.4) is 0 Å². The minimum Gasteiger partial charge on any atom is -0.351 e. The summed E-state index contributed by atoms with van der Waals surface area (Å²) in [6, 6.07) is 1.34. The SMILES string of the molecule is CSC1(CNC(=O)c2ccnc(NN)c2F)CC1. The minimum atomic E-state index is -0.730. The lowest BCUT2D eigenvalue weighted by molar-refractivity contribution is 0.0949. The zero-order chi connectivity index (χ0) is 13.2. The predicted molar refractivity (Wildman–Crippen MR) is 69.8 cm³/mol. The van der Waals surface area contributed by atoms with Gasteiger partial charge < -0.3 is 10.7 Å². The third-order valence-corrected chi connectivity index (χ3v) is 4.50. The van der Waals surface area contributed by atoms with E-state index in [1.807, 2.05) is 6.26 Å². The van der Waals surface area contributed by atoms with Gasteiger partial charge in [-0.25, -0.2) is 15.2 Å². The number of amides is 1. The lowest BCUT2D eigenvalue weighted by Gasteiger charge is -2.13. The molecule has 98 valence electrons. The molecule has 1 aliphatic carbocycles. The monoisotopic (exact) mass is 270 g/mol. The number of carbonyl (C=O) groups is 1. The molecule has 0 unspecified atom stereocenters. The molecule has 1 heterocycles. The van der Waals surface area contributed by atoms with Gasteiger partial charge in [-0.2, -0.15) is 11.8 Å². The number of carbonyl (C=O) groups excluding carboxylic acids is 1. The average molecular weight is 270 g/mol. The topological polar surface area (TPSA) is 80.0 Å². The van der Waals surface area contributed by atoms with E-state index in [9.17, 15) is 9.18 Å². The summed E-state index contributed by atoms with van der Waals surface area (Å²) >= 11 is 1.73. The third-order valence-electron chi connectivity index (χ3n) is 3.08. The number of aromatic nitrogens is 1. The molecule has 2 rings (SSSR count). The smallest absolute Gasteiger partial charge is 0.254 e. The molecule has 1 saturated carbocycles. The Morgan fingerprint density at radius 1 is 1.67 bits per heavy atom. The fourth-order valence-corrected chi connectivity index (χ4v) is 2.38. The van der Waals surface area contributed by atoms with Crippen LogP contribution in [0.1, 0.15) is 23.2 Å². The summed E-state index contributed by atoms with van der Waals surface area (Å²) in [7, 11) is 0. The van der Waals surface area contributed by atoms with Crippen LogP contribution in [0.15, 0.2) is 12.3 Å². The number of nitrogens with zero attached hydrogens (tertiary/aromatic N) is 1. The van der Waals surface area contributed by atoms with Gasteiger partial charge in [0.25, 0.3) is 5.91 Å². The van der Waals surface area contributed by atoms with Gasteiger partial charge in [-0.05, 0) is 25.2 Å². The van der Waals surface area contributed by atoms with Gasteiger partial charge in [0.05, 0.1) is 5.56 Å². The highest BCUT2D eigenvalue weighted by Crippen LogP contribution is 2.46. The Balaban J connectivity index is 2.05. The Kier molecular flexibility index (Phi) is 3.72. The van der Waals surface area contributed by atoms with Gasteiger partial charge in [-0.3, -0.25) is 4.79 Å². The molecule has 0 aliphatic heterocycles. The lowest BCUT2D eigenvalue weighted by atomic mass is 10.2. The van der Waals surface area contributed by atoms with Gasteiger partial charge in [0.1, 0.15) is 0 Å². The Hall–Kier alpha value is -1.34. The minimum absolute atomic E-state index is 0.0464. The number of halogens is 1. The number of nitrogens with one attached hydrogen (secondary N) is 2. The van der Waals surface area contributed by atoms with E-state index in [1.165, 1.54) is 12.3 Å². The summed E-state index contributed by atoms with van der Waals surface area (Å²) in [4.78, 5) is 15.5. The molecule has 7 heteroatoms. The second kappa shape index (κ2) is 5.11. The lowest BCUT2D eigenvalue weighted by Crippen LogP contribution is -2.32. The standard InChI is InChI=1S/C11H15FN4OS/c1-18-11(3-4-11)6-15-10(17)7-2-5-14-9(16-13)8(7)12/h2,5H,3-4,6,13H2,1H3,(H,14,16)(H,15,17). The van der Waals surface area contributed by atoms with Crippen molar-refractivity contribution in [1.82, 2.24) is 10.3 Å². The summed E-state index contributed by atoms with van der Waals surface area (Å²) < 4.78 is 13.9. The Bertz CT molecular complexity index is 464. The summed E-state index contributed by atoms with van der Waals surface area (Å²) in [5.74, 6) is 3.81. The van der Waals surface area contributed by atoms with Gasteiger partial charge in [0.2, 0.25) is 0 Å². The van der Waals surface area contributed by atoms with Crippen molar-refractivity contribution in [1.29, 1.82) is 0 Å². The summed E-state index contributed by atoms with van der Waals surface area (Å²) in [6.07, 6.45) is 5.53. The van der Waals surface area contributed by atoms with Gasteiger partial charge in [-0.1, -0.05) is 0 Å². The number of thioether (sulfide) groups is 1. The molecule has 0 bridgehead atoms. The molecular weight excluding hydrogens is 255 g/mol. The molecule has 0 atom stereocenters. The molecule has 1 aliphatic rings. The second-order valence-corrected chi connectivity index (χ2v) is 5.51. The molecule has 1 fully saturated rings. The van der Waals surface area contributed by atoms with E-state index < -0.39 is 11.7 Å². The highest BCUT2D eigenvalue weighted by Gasteiger charge is 2.42. The van der Waals surface area contributed by atoms with Crippen molar-refractivity contribution in [2.45, 2.75) is 17.6 Å². The highest BCUT2D eigenvalue weighted by atomic mass is 32.2. The quantitative estimate of drug-likeness (QED) is 0.552. The van der Waals surface area contributed by atoms with Gasteiger partial charge in [0.15, 0.2) is 11.6 Å². The maximum Gasteiger partial charge on any atom is 0.254 e. The largest absolute Gasteiger partial charge is 0.351 e. The molecule has 0 radical (unpaired) electrons. The number of rotatable bonds is 5. The zero-order valence-corrected chi connectivity index (χ0v) is 10.8. The van der Waals surface area contributed by atoms with Gasteiger partial charge in [-0.15, -0.1) is 0 Å². The molecule has 0 aromatic carbocycles. The zero-order valence-electron chi connectivity index (χ0n) is 10.00. The number of hydrogen-bond donors (Lipinski definition) is 3. The van der Waals surface area contributed by atoms with Crippen LogP contribution in [0.25, 0.3) is 0 Å². The Morgan fingerprint density at radius 2 is 2.39 bits per heavy atom. The van der Waals surface area contributed by atoms with E-state index in [-0.39, 0.29) is 16.1 Å². The number of hydrazine groups is 1. The number of nitrogen functional groups attached to an aromatic ring is 1. The molecule has 0 saturated heterocycles. The van der Waals surface area contributed by atoms with Crippen molar-refractivity contribution in [2.75, 3.05) is 18.2 Å². The molecule has 5 nitrogen and oxygen atoms in total. The summed E-state index contributed by atoms with van der Waals surface area (Å²) in [5.41, 5.74) is 2.07. The van der Waals surface area contributed by atoms with E-state index in [4.69, 9.17) is 5.84 Å². The van der Waals surface area contributed by atoms with Crippen LogP contribution in [0.5, 0.6) is 0 Å². The van der Waals surface area contributed by atoms with Gasteiger partial charge in [0, 0.05) is 17.5 Å². The second-order valence-electron chi connectivity index (χ2n) is 4.24. The number of anilines is 1. The number of nitrogens with two attached hydrogens (primary N) is 1. The Morgan fingerprint density at radius 3 is 2.94 bits per heavy atom. The van der Waals surface area contributed by atoms with Gasteiger partial charge >= 0.3 is 0 Å². The van der Waals surface area contributed by atoms with Crippen molar-refractivity contribution in [3.8, 4) is 0 Å². The van der Waals surface area contributed by atoms with Crippen LogP contribution in [0.4, 0.5) is 10.2 Å². The van der Waals surface area contributed by atoms with Crippen molar-refractivity contribution in [2.24, 2.45) is 5.84 Å². The fraction of sp³-hybridized carbons (Fsp3) is 0.455. The highest BCUT2D eigenvalue weighted by molar-refractivity contribution is 8.00. The molecule has 18 heavy (non-hydrogen) atoms. The number of pyridine rings is 1. The first-order chi connectivity index (χ1) is 8.62. The van der Waals surface area contributed by atoms with Crippen molar-refractivity contribution in [3.63, 3.8) is 0 Å². The van der Waals surface area contributed by atoms with E-state index in [0.29, 0.717) is 6.54 Å². The van der Waals surface area contributed by atoms with Crippen LogP contribution in [-0.4, -0.2) is 28.4 Å². The number of hydrogen-bond acceptors (Lipinski definition) is 5. The van der Waals surface area contributed by atoms with Crippen LogP contribution in [-0.2, 0) is 0 Å². The third kappa shape index (κ3) is 2.56. The summed E-state index contributed by atoms with van der Waals surface area (Å²) in [5, 5.41) is 2.75. The first-order valence-corrected chi connectivity index (χ1v) is 6.79. The molecule has 0 spiro atoms. The van der Waals surface area contributed by atoms with Crippen LogP contribution >= 0.6 is 11.8 Å². The Labute approximate surface area is 109 Å². The maximum atomic E-state index is 13.8. The van der Waals surface area contributed by atoms with Crippen LogP contribution in [0.2, 0.25) is 0 Å². The van der Waals surface area contributed by atoms with Crippen molar-refractivity contribution >= 4 is 23.5 Å². The van der Waals surface area contributed by atoms with Crippen molar-refractivity contribution in [3.05, 3.63) is 23.6 Å². The predicted octanol–water partition coefficient (Wildman–Crippen LogP) is 1.13. The maximum absolute atomic E-state index is 13.8. The molecule has 1 amide bonds.